The first-order valence-electron chi connectivity index (χ1n) is 6.22. The quantitative estimate of drug-likeness (QED) is 0.870. The van der Waals surface area contributed by atoms with Gasteiger partial charge in [0.15, 0.2) is 0 Å². The maximum atomic E-state index is 10.9. The van der Waals surface area contributed by atoms with Gasteiger partial charge in [-0.25, -0.2) is 0 Å². The second-order valence-corrected chi connectivity index (χ2v) is 5.39. The number of aryl methyl sites for hydroxylation is 2. The largest absolute Gasteiger partial charge is 0.384 e. The lowest BCUT2D eigenvalue weighted by Gasteiger charge is -2.37. The highest BCUT2D eigenvalue weighted by Gasteiger charge is 2.52. The molecule has 1 saturated heterocycles. The molecule has 2 rings (SSSR count). The first kappa shape index (κ1) is 13.1. The SMILES string of the molecule is Cc1ccc(C)c(C(C)(O)C2(C#N)CCOC2)c1. The van der Waals surface area contributed by atoms with Gasteiger partial charge in [-0.1, -0.05) is 23.8 Å². The average molecular weight is 245 g/mol. The summed E-state index contributed by atoms with van der Waals surface area (Å²) in [6.45, 7) is 6.51. The van der Waals surface area contributed by atoms with Crippen molar-refractivity contribution in [2.75, 3.05) is 13.2 Å². The summed E-state index contributed by atoms with van der Waals surface area (Å²) in [6, 6.07) is 8.25. The Labute approximate surface area is 108 Å². The predicted octanol–water partition coefficient (Wildman–Crippen LogP) is 2.44. The monoisotopic (exact) mass is 245 g/mol. The number of ether oxygens (including phenoxy) is 1. The number of benzene rings is 1. The van der Waals surface area contributed by atoms with Gasteiger partial charge in [-0.15, -0.1) is 0 Å². The van der Waals surface area contributed by atoms with E-state index in [4.69, 9.17) is 4.74 Å². The zero-order chi connectivity index (χ0) is 13.4. The van der Waals surface area contributed by atoms with E-state index in [0.29, 0.717) is 19.6 Å². The van der Waals surface area contributed by atoms with Gasteiger partial charge in [0.25, 0.3) is 0 Å². The molecule has 0 amide bonds. The molecule has 1 aromatic carbocycles. The van der Waals surface area contributed by atoms with Crippen LogP contribution in [-0.2, 0) is 10.3 Å². The van der Waals surface area contributed by atoms with E-state index < -0.39 is 11.0 Å². The summed E-state index contributed by atoms with van der Waals surface area (Å²) in [7, 11) is 0. The van der Waals surface area contributed by atoms with Gasteiger partial charge in [0.2, 0.25) is 0 Å². The molecule has 0 bridgehead atoms. The number of nitriles is 1. The van der Waals surface area contributed by atoms with E-state index >= 15 is 0 Å². The molecule has 18 heavy (non-hydrogen) atoms. The Morgan fingerprint density at radius 1 is 1.44 bits per heavy atom. The molecule has 1 aliphatic rings. The highest BCUT2D eigenvalue weighted by atomic mass is 16.5. The van der Waals surface area contributed by atoms with Crippen LogP contribution in [0.15, 0.2) is 18.2 Å². The topological polar surface area (TPSA) is 53.2 Å². The molecule has 2 unspecified atom stereocenters. The smallest absolute Gasteiger partial charge is 0.115 e. The molecule has 2 atom stereocenters. The van der Waals surface area contributed by atoms with Crippen molar-refractivity contribution >= 4 is 0 Å². The Hall–Kier alpha value is -1.37. The number of hydrogen-bond donors (Lipinski definition) is 1. The first-order valence-corrected chi connectivity index (χ1v) is 6.22. The summed E-state index contributed by atoms with van der Waals surface area (Å²) in [6.07, 6.45) is 0.573. The van der Waals surface area contributed by atoms with Gasteiger partial charge >= 0.3 is 0 Å². The van der Waals surface area contributed by atoms with Gasteiger partial charge in [0.05, 0.1) is 12.7 Å². The molecule has 1 N–H and O–H groups in total. The fraction of sp³-hybridized carbons (Fsp3) is 0.533. The van der Waals surface area contributed by atoms with E-state index in [0.717, 1.165) is 16.7 Å². The summed E-state index contributed by atoms with van der Waals surface area (Å²) in [4.78, 5) is 0. The Bertz CT molecular complexity index is 494. The molecule has 0 aromatic heterocycles. The molecule has 96 valence electrons. The minimum atomic E-state index is -1.19. The van der Waals surface area contributed by atoms with Crippen molar-refractivity contribution in [3.05, 3.63) is 34.9 Å². The first-order chi connectivity index (χ1) is 8.43. The van der Waals surface area contributed by atoms with E-state index in [9.17, 15) is 10.4 Å². The van der Waals surface area contributed by atoms with E-state index in [1.54, 1.807) is 6.92 Å². The van der Waals surface area contributed by atoms with Crippen LogP contribution in [-0.4, -0.2) is 18.3 Å². The van der Waals surface area contributed by atoms with Crippen LogP contribution in [0.25, 0.3) is 0 Å². The van der Waals surface area contributed by atoms with Crippen molar-refractivity contribution in [2.45, 2.75) is 32.8 Å². The Balaban J connectivity index is 2.53. The summed E-state index contributed by atoms with van der Waals surface area (Å²) in [5.41, 5.74) is 0.893. The molecule has 1 aromatic rings. The Morgan fingerprint density at radius 2 is 2.17 bits per heavy atom. The standard InChI is InChI=1S/C15H19NO2/c1-11-4-5-12(2)13(8-11)14(3,17)15(9-16)6-7-18-10-15/h4-5,8,17H,6-7,10H2,1-3H3. The molecule has 1 aliphatic heterocycles. The van der Waals surface area contributed by atoms with Crippen LogP contribution in [0.4, 0.5) is 0 Å². The number of hydrogen-bond acceptors (Lipinski definition) is 3. The zero-order valence-corrected chi connectivity index (χ0v) is 11.2. The Kier molecular flexibility index (Phi) is 3.18. The predicted molar refractivity (Wildman–Crippen MR) is 69.0 cm³/mol. The summed E-state index contributed by atoms with van der Waals surface area (Å²) < 4.78 is 5.35. The van der Waals surface area contributed by atoms with Gasteiger partial charge in [-0.2, -0.15) is 5.26 Å². The molecule has 1 fully saturated rings. The molecule has 3 heteroatoms. The normalized spacial score (nSPS) is 26.6. The fourth-order valence-electron chi connectivity index (χ4n) is 2.66. The van der Waals surface area contributed by atoms with Crippen molar-refractivity contribution in [1.82, 2.24) is 0 Å². The van der Waals surface area contributed by atoms with Crippen LogP contribution in [0.5, 0.6) is 0 Å². The zero-order valence-electron chi connectivity index (χ0n) is 11.2. The summed E-state index contributed by atoms with van der Waals surface area (Å²) in [5, 5.41) is 20.4. The Morgan fingerprint density at radius 3 is 2.72 bits per heavy atom. The van der Waals surface area contributed by atoms with E-state index in [1.807, 2.05) is 32.0 Å². The molecule has 0 radical (unpaired) electrons. The lowest BCUT2D eigenvalue weighted by molar-refractivity contribution is -0.0486. The van der Waals surface area contributed by atoms with Crippen molar-refractivity contribution < 1.29 is 9.84 Å². The number of nitrogens with zero attached hydrogens (tertiary/aromatic N) is 1. The molecule has 0 saturated carbocycles. The maximum absolute atomic E-state index is 10.9. The van der Waals surface area contributed by atoms with Crippen LogP contribution >= 0.6 is 0 Å². The summed E-state index contributed by atoms with van der Waals surface area (Å²) in [5.74, 6) is 0. The second-order valence-electron chi connectivity index (χ2n) is 5.39. The van der Waals surface area contributed by atoms with Gasteiger partial charge in [-0.05, 0) is 38.3 Å². The molecule has 3 nitrogen and oxygen atoms in total. The van der Waals surface area contributed by atoms with Gasteiger partial charge in [0, 0.05) is 6.61 Å². The average Bonchev–Trinajstić information content (AvgIpc) is 2.82. The molecular weight excluding hydrogens is 226 g/mol. The van der Waals surface area contributed by atoms with Crippen molar-refractivity contribution in [2.24, 2.45) is 5.41 Å². The third-order valence-corrected chi connectivity index (χ3v) is 4.09. The summed E-state index contributed by atoms with van der Waals surface area (Å²) >= 11 is 0. The van der Waals surface area contributed by atoms with E-state index in [-0.39, 0.29) is 0 Å². The van der Waals surface area contributed by atoms with Crippen LogP contribution in [0.1, 0.15) is 30.0 Å². The second kappa shape index (κ2) is 4.38. The molecular formula is C15H19NO2. The third kappa shape index (κ3) is 1.82. The van der Waals surface area contributed by atoms with E-state index in [1.165, 1.54) is 0 Å². The van der Waals surface area contributed by atoms with Crippen LogP contribution in [0.3, 0.4) is 0 Å². The number of rotatable bonds is 2. The lowest BCUT2D eigenvalue weighted by Crippen LogP contribution is -2.43. The van der Waals surface area contributed by atoms with Crippen LogP contribution in [0, 0.1) is 30.6 Å². The third-order valence-electron chi connectivity index (χ3n) is 4.09. The van der Waals surface area contributed by atoms with Crippen molar-refractivity contribution in [3.63, 3.8) is 0 Å². The minimum absolute atomic E-state index is 0.296. The van der Waals surface area contributed by atoms with E-state index in [2.05, 4.69) is 6.07 Å². The molecule has 0 spiro atoms. The molecule has 0 aliphatic carbocycles. The number of aliphatic hydroxyl groups is 1. The van der Waals surface area contributed by atoms with Crippen LogP contribution < -0.4 is 0 Å². The molecule has 1 heterocycles. The van der Waals surface area contributed by atoms with Crippen molar-refractivity contribution in [3.8, 4) is 6.07 Å². The maximum Gasteiger partial charge on any atom is 0.115 e. The van der Waals surface area contributed by atoms with Gasteiger partial charge in [-0.3, -0.25) is 0 Å². The van der Waals surface area contributed by atoms with Crippen LogP contribution in [0.2, 0.25) is 0 Å². The highest BCUT2D eigenvalue weighted by molar-refractivity contribution is 5.38. The van der Waals surface area contributed by atoms with Gasteiger partial charge in [0.1, 0.15) is 11.0 Å². The minimum Gasteiger partial charge on any atom is -0.384 e. The lowest BCUT2D eigenvalue weighted by atomic mass is 9.68. The highest BCUT2D eigenvalue weighted by Crippen LogP contribution is 2.46. The van der Waals surface area contributed by atoms with Crippen molar-refractivity contribution in [1.29, 1.82) is 5.26 Å². The van der Waals surface area contributed by atoms with Gasteiger partial charge < -0.3 is 9.84 Å². The fourth-order valence-corrected chi connectivity index (χ4v) is 2.66.